The topological polar surface area (TPSA) is 122 Å². The van der Waals surface area contributed by atoms with Crippen LogP contribution >= 0.6 is 11.6 Å². The number of fused-ring (bicyclic) bond motifs is 4. The second-order valence-electron chi connectivity index (χ2n) is 9.23. The van der Waals surface area contributed by atoms with Gasteiger partial charge in [-0.1, -0.05) is 41.9 Å². The molecule has 0 unspecified atom stereocenters. The smallest absolute Gasteiger partial charge is 0.250 e. The number of halogens is 1. The van der Waals surface area contributed by atoms with Crippen LogP contribution in [0.5, 0.6) is 0 Å². The number of hydrogen-bond donors (Lipinski definition) is 3. The second-order valence-corrected chi connectivity index (χ2v) is 9.67. The molecule has 0 bridgehead atoms. The summed E-state index contributed by atoms with van der Waals surface area (Å²) in [5.41, 5.74) is 6.86. The van der Waals surface area contributed by atoms with Crippen molar-refractivity contribution in [3.05, 3.63) is 64.2 Å². The first-order chi connectivity index (χ1) is 16.2. The molecule has 34 heavy (non-hydrogen) atoms. The van der Waals surface area contributed by atoms with E-state index in [0.29, 0.717) is 22.7 Å². The van der Waals surface area contributed by atoms with Gasteiger partial charge in [0.05, 0.1) is 11.8 Å². The van der Waals surface area contributed by atoms with Crippen molar-refractivity contribution in [3.8, 4) is 0 Å². The molecule has 5 rings (SSSR count). The van der Waals surface area contributed by atoms with Crippen LogP contribution in [0.1, 0.15) is 29.5 Å². The molecule has 3 aliphatic rings. The third-order valence-electron chi connectivity index (χ3n) is 7.25. The van der Waals surface area contributed by atoms with Gasteiger partial charge in [-0.2, -0.15) is 0 Å². The molecule has 2 aromatic carbocycles. The van der Waals surface area contributed by atoms with E-state index in [9.17, 15) is 19.2 Å². The molecule has 4 amide bonds. The van der Waals surface area contributed by atoms with Crippen LogP contribution in [0.25, 0.3) is 0 Å². The maximum absolute atomic E-state index is 13.7. The molecule has 2 fully saturated rings. The summed E-state index contributed by atoms with van der Waals surface area (Å²) in [6.07, 6.45) is 0.787. The molecular weight excluding hydrogens is 456 g/mol. The molecule has 3 heterocycles. The highest BCUT2D eigenvalue weighted by atomic mass is 35.5. The van der Waals surface area contributed by atoms with Crippen molar-refractivity contribution in [1.29, 1.82) is 0 Å². The number of nitrogens with zero attached hydrogens (tertiary/aromatic N) is 1. The fraction of sp³-hybridized carbons (Fsp3) is 0.360. The van der Waals surface area contributed by atoms with Crippen molar-refractivity contribution in [2.75, 3.05) is 11.9 Å². The van der Waals surface area contributed by atoms with Gasteiger partial charge in [-0.05, 0) is 43.0 Å². The molecule has 0 aliphatic carbocycles. The van der Waals surface area contributed by atoms with E-state index < -0.39 is 35.2 Å². The number of amides is 4. The molecule has 0 aromatic heterocycles. The Hall–Kier alpha value is -3.23. The minimum Gasteiger partial charge on any atom is -0.370 e. The molecule has 3 aliphatic heterocycles. The van der Waals surface area contributed by atoms with E-state index in [1.807, 2.05) is 37.3 Å². The number of aryl methyl sites for hydroxylation is 1. The number of primary amides is 1. The SMILES string of the molecule is Cc1cc(Cl)cc2c1NC(=O)[C@@]21N[C@H](CCC(N)=O)[C@H]2C(=O)N(CCc3ccccc3)C(=O)[C@H]21. The molecule has 176 valence electrons. The van der Waals surface area contributed by atoms with E-state index in [1.165, 1.54) is 4.90 Å². The van der Waals surface area contributed by atoms with Gasteiger partial charge in [0.25, 0.3) is 0 Å². The first-order valence-corrected chi connectivity index (χ1v) is 11.7. The van der Waals surface area contributed by atoms with Gasteiger partial charge in [-0.3, -0.25) is 29.4 Å². The van der Waals surface area contributed by atoms with Crippen molar-refractivity contribution in [2.45, 2.75) is 37.8 Å². The average Bonchev–Trinajstić information content (AvgIpc) is 3.37. The quantitative estimate of drug-likeness (QED) is 0.545. The number of carbonyl (C=O) groups is 4. The third-order valence-corrected chi connectivity index (χ3v) is 7.46. The fourth-order valence-corrected chi connectivity index (χ4v) is 6.02. The number of nitrogens with two attached hydrogens (primary N) is 1. The van der Waals surface area contributed by atoms with E-state index in [4.69, 9.17) is 17.3 Å². The van der Waals surface area contributed by atoms with Gasteiger partial charge in [-0.15, -0.1) is 0 Å². The number of nitrogens with one attached hydrogen (secondary N) is 2. The van der Waals surface area contributed by atoms with Gasteiger partial charge in [0.15, 0.2) is 0 Å². The van der Waals surface area contributed by atoms with Crippen LogP contribution < -0.4 is 16.4 Å². The number of anilines is 1. The highest BCUT2D eigenvalue weighted by Gasteiger charge is 2.70. The Morgan fingerprint density at radius 1 is 1.15 bits per heavy atom. The van der Waals surface area contributed by atoms with Gasteiger partial charge in [0.1, 0.15) is 5.54 Å². The maximum atomic E-state index is 13.7. The van der Waals surface area contributed by atoms with Crippen molar-refractivity contribution >= 4 is 40.9 Å². The number of benzene rings is 2. The summed E-state index contributed by atoms with van der Waals surface area (Å²) in [7, 11) is 0. The zero-order valence-electron chi connectivity index (χ0n) is 18.6. The number of carbonyl (C=O) groups excluding carboxylic acids is 4. The normalized spacial score (nSPS) is 27.3. The Balaban J connectivity index is 1.55. The van der Waals surface area contributed by atoms with Crippen molar-refractivity contribution in [3.63, 3.8) is 0 Å². The first-order valence-electron chi connectivity index (χ1n) is 11.3. The predicted octanol–water partition coefficient (Wildman–Crippen LogP) is 1.88. The predicted molar refractivity (Wildman–Crippen MR) is 126 cm³/mol. The Bertz CT molecular complexity index is 1220. The number of likely N-dealkylation sites (tertiary alicyclic amines) is 1. The lowest BCUT2D eigenvalue weighted by atomic mass is 9.76. The molecule has 4 N–H and O–H groups in total. The highest BCUT2D eigenvalue weighted by Crippen LogP contribution is 2.54. The van der Waals surface area contributed by atoms with Crippen LogP contribution in [0.3, 0.4) is 0 Å². The van der Waals surface area contributed by atoms with E-state index in [1.54, 1.807) is 12.1 Å². The van der Waals surface area contributed by atoms with E-state index in [-0.39, 0.29) is 31.2 Å². The van der Waals surface area contributed by atoms with Crippen molar-refractivity contribution in [1.82, 2.24) is 10.2 Å². The zero-order chi connectivity index (χ0) is 24.2. The monoisotopic (exact) mass is 480 g/mol. The largest absolute Gasteiger partial charge is 0.370 e. The Labute approximate surface area is 201 Å². The van der Waals surface area contributed by atoms with Crippen LogP contribution in [0.2, 0.25) is 5.02 Å². The second kappa shape index (κ2) is 8.21. The lowest BCUT2D eigenvalue weighted by Gasteiger charge is -2.29. The van der Waals surface area contributed by atoms with Gasteiger partial charge in [0.2, 0.25) is 23.6 Å². The summed E-state index contributed by atoms with van der Waals surface area (Å²) in [5, 5.41) is 6.62. The van der Waals surface area contributed by atoms with Gasteiger partial charge >= 0.3 is 0 Å². The molecule has 0 radical (unpaired) electrons. The van der Waals surface area contributed by atoms with Gasteiger partial charge in [-0.25, -0.2) is 0 Å². The van der Waals surface area contributed by atoms with Gasteiger partial charge in [0, 0.05) is 35.3 Å². The van der Waals surface area contributed by atoms with Crippen LogP contribution in [-0.4, -0.2) is 41.1 Å². The fourth-order valence-electron chi connectivity index (χ4n) is 5.75. The zero-order valence-corrected chi connectivity index (χ0v) is 19.4. The lowest BCUT2D eigenvalue weighted by Crippen LogP contribution is -2.53. The Morgan fingerprint density at radius 2 is 1.88 bits per heavy atom. The molecule has 1 spiro atoms. The van der Waals surface area contributed by atoms with E-state index >= 15 is 0 Å². The minimum atomic E-state index is -1.44. The Kier molecular flexibility index (Phi) is 5.45. The summed E-state index contributed by atoms with van der Waals surface area (Å²) in [6, 6.07) is 12.4. The third kappa shape index (κ3) is 3.32. The lowest BCUT2D eigenvalue weighted by molar-refractivity contribution is -0.142. The summed E-state index contributed by atoms with van der Waals surface area (Å²) in [5.74, 6) is -3.33. The number of rotatable bonds is 6. The van der Waals surface area contributed by atoms with Crippen LogP contribution in [-0.2, 0) is 31.1 Å². The number of hydrogen-bond acceptors (Lipinski definition) is 5. The summed E-state index contributed by atoms with van der Waals surface area (Å²) in [6.45, 7) is 2.05. The molecule has 9 heteroatoms. The molecule has 4 atom stereocenters. The highest BCUT2D eigenvalue weighted by molar-refractivity contribution is 6.31. The maximum Gasteiger partial charge on any atom is 0.250 e. The molecule has 8 nitrogen and oxygen atoms in total. The molecule has 0 saturated carbocycles. The van der Waals surface area contributed by atoms with E-state index in [0.717, 1.165) is 11.1 Å². The first kappa shape index (κ1) is 22.6. The molecular formula is C25H25ClN4O4. The molecule has 2 saturated heterocycles. The van der Waals surface area contributed by atoms with Crippen molar-refractivity contribution < 1.29 is 19.2 Å². The van der Waals surface area contributed by atoms with Gasteiger partial charge < -0.3 is 11.1 Å². The summed E-state index contributed by atoms with van der Waals surface area (Å²) >= 11 is 6.34. The van der Waals surface area contributed by atoms with E-state index in [2.05, 4.69) is 10.6 Å². The molecule has 2 aromatic rings. The average molecular weight is 481 g/mol. The minimum absolute atomic E-state index is 0.0332. The summed E-state index contributed by atoms with van der Waals surface area (Å²) in [4.78, 5) is 53.6. The Morgan fingerprint density at radius 3 is 2.59 bits per heavy atom. The number of imide groups is 1. The van der Waals surface area contributed by atoms with Crippen molar-refractivity contribution in [2.24, 2.45) is 17.6 Å². The standard InChI is InChI=1S/C25H25ClN4O4/c1-13-11-15(26)12-16-21(13)28-24(34)25(16)20-19(17(29-25)7-8-18(27)31)22(32)30(23(20)33)10-9-14-5-3-2-4-6-14/h2-6,11-12,17,19-20,29H,7-10H2,1H3,(H2,27,31)(H,28,34)/t17-,19-,20+,25-/m1/s1. The van der Waals surface area contributed by atoms with Crippen LogP contribution in [0.4, 0.5) is 5.69 Å². The van der Waals surface area contributed by atoms with Crippen LogP contribution in [0, 0.1) is 18.8 Å². The van der Waals surface area contributed by atoms with Crippen LogP contribution in [0.15, 0.2) is 42.5 Å². The summed E-state index contributed by atoms with van der Waals surface area (Å²) < 4.78 is 0.